The largest absolute Gasteiger partial charge is 0.356 e. The minimum Gasteiger partial charge on any atom is -0.356 e. The Kier molecular flexibility index (Phi) is 3.01. The lowest BCUT2D eigenvalue weighted by Crippen LogP contribution is -2.27. The zero-order valence-corrected chi connectivity index (χ0v) is 12.4. The van der Waals surface area contributed by atoms with Gasteiger partial charge in [-0.25, -0.2) is 9.97 Å². The Morgan fingerprint density at radius 3 is 2.26 bits per heavy atom. The second kappa shape index (κ2) is 4.44. The van der Waals surface area contributed by atoms with E-state index in [4.69, 9.17) is 0 Å². The maximum absolute atomic E-state index is 4.48. The lowest BCUT2D eigenvalue weighted by Gasteiger charge is -2.23. The van der Waals surface area contributed by atoms with Gasteiger partial charge in [0.2, 0.25) is 0 Å². The fraction of sp³-hybridized carbons (Fsp3) is 0.733. The number of fused-ring (bicyclic) bond motifs is 1. The molecule has 0 amide bonds. The van der Waals surface area contributed by atoms with Gasteiger partial charge in [-0.1, -0.05) is 20.8 Å². The van der Waals surface area contributed by atoms with E-state index in [9.17, 15) is 0 Å². The van der Waals surface area contributed by atoms with E-state index in [1.165, 1.54) is 13.1 Å². The van der Waals surface area contributed by atoms with Crippen LogP contribution in [0.2, 0.25) is 0 Å². The minimum absolute atomic E-state index is 0.0908. The molecule has 0 saturated carbocycles. The first-order valence-corrected chi connectivity index (χ1v) is 7.19. The topological polar surface area (TPSA) is 32.3 Å². The summed E-state index contributed by atoms with van der Waals surface area (Å²) < 4.78 is 0. The molecule has 1 aromatic rings. The van der Waals surface area contributed by atoms with Crippen LogP contribution in [0.1, 0.15) is 26.5 Å². The van der Waals surface area contributed by atoms with Gasteiger partial charge in [0.1, 0.15) is 12.1 Å². The molecule has 0 N–H and O–H groups in total. The number of hydrogen-bond acceptors (Lipinski definition) is 4. The predicted molar refractivity (Wildman–Crippen MR) is 77.4 cm³/mol. The molecule has 4 heteroatoms. The molecule has 19 heavy (non-hydrogen) atoms. The molecule has 0 bridgehead atoms. The average Bonchev–Trinajstić information content (AvgIpc) is 2.85. The number of likely N-dealkylation sites (tertiary alicyclic amines) is 1. The molecule has 1 aromatic heterocycles. The predicted octanol–water partition coefficient (Wildman–Crippen LogP) is 1.77. The molecule has 0 aromatic carbocycles. The molecule has 2 aliphatic rings. The first-order valence-electron chi connectivity index (χ1n) is 7.19. The normalized spacial score (nSPS) is 27.9. The molecular weight excluding hydrogens is 236 g/mol. The Bertz CT molecular complexity index is 451. The van der Waals surface area contributed by atoms with Crippen molar-refractivity contribution in [2.45, 2.75) is 26.2 Å². The molecule has 2 fully saturated rings. The van der Waals surface area contributed by atoms with Crippen LogP contribution in [0.5, 0.6) is 0 Å². The molecule has 2 atom stereocenters. The van der Waals surface area contributed by atoms with Gasteiger partial charge in [0.25, 0.3) is 0 Å². The van der Waals surface area contributed by atoms with Crippen molar-refractivity contribution in [3.05, 3.63) is 18.1 Å². The third-order valence-corrected chi connectivity index (χ3v) is 4.41. The SMILES string of the molecule is CN1CC2CN(c3cc(C(C)(C)C)ncn3)CC2C1. The molecule has 2 aliphatic heterocycles. The summed E-state index contributed by atoms with van der Waals surface area (Å²) >= 11 is 0. The second-order valence-corrected chi connectivity index (χ2v) is 7.16. The van der Waals surface area contributed by atoms with Crippen molar-refractivity contribution < 1.29 is 0 Å². The van der Waals surface area contributed by atoms with Crippen LogP contribution < -0.4 is 4.90 Å². The smallest absolute Gasteiger partial charge is 0.132 e. The van der Waals surface area contributed by atoms with Crippen molar-refractivity contribution in [2.75, 3.05) is 38.1 Å². The highest BCUT2D eigenvalue weighted by atomic mass is 15.3. The van der Waals surface area contributed by atoms with Crippen LogP contribution in [0.15, 0.2) is 12.4 Å². The van der Waals surface area contributed by atoms with Crippen molar-refractivity contribution in [2.24, 2.45) is 11.8 Å². The summed E-state index contributed by atoms with van der Waals surface area (Å²) in [7, 11) is 2.23. The number of anilines is 1. The minimum atomic E-state index is 0.0908. The number of nitrogens with zero attached hydrogens (tertiary/aromatic N) is 4. The fourth-order valence-electron chi connectivity index (χ4n) is 3.34. The first kappa shape index (κ1) is 12.9. The van der Waals surface area contributed by atoms with E-state index in [-0.39, 0.29) is 5.41 Å². The van der Waals surface area contributed by atoms with Crippen LogP contribution in [-0.4, -0.2) is 48.1 Å². The van der Waals surface area contributed by atoms with E-state index < -0.39 is 0 Å². The van der Waals surface area contributed by atoms with Crippen molar-refractivity contribution in [1.82, 2.24) is 14.9 Å². The van der Waals surface area contributed by atoms with E-state index in [1.54, 1.807) is 6.33 Å². The number of rotatable bonds is 1. The summed E-state index contributed by atoms with van der Waals surface area (Å²) in [6.45, 7) is 11.4. The van der Waals surface area contributed by atoms with E-state index in [2.05, 4.69) is 53.7 Å². The lowest BCUT2D eigenvalue weighted by atomic mass is 9.92. The van der Waals surface area contributed by atoms with Gasteiger partial charge < -0.3 is 9.80 Å². The van der Waals surface area contributed by atoms with E-state index in [0.717, 1.165) is 36.4 Å². The van der Waals surface area contributed by atoms with Crippen molar-refractivity contribution in [3.8, 4) is 0 Å². The van der Waals surface area contributed by atoms with Crippen molar-refractivity contribution in [3.63, 3.8) is 0 Å². The maximum atomic E-state index is 4.48. The summed E-state index contributed by atoms with van der Waals surface area (Å²) in [5.74, 6) is 2.74. The van der Waals surface area contributed by atoms with Gasteiger partial charge >= 0.3 is 0 Å². The van der Waals surface area contributed by atoms with Crippen LogP contribution in [0.25, 0.3) is 0 Å². The van der Waals surface area contributed by atoms with Crippen LogP contribution >= 0.6 is 0 Å². The van der Waals surface area contributed by atoms with Crippen molar-refractivity contribution in [1.29, 1.82) is 0 Å². The van der Waals surface area contributed by atoms with Gasteiger partial charge in [0.15, 0.2) is 0 Å². The Morgan fingerprint density at radius 1 is 1.05 bits per heavy atom. The lowest BCUT2D eigenvalue weighted by molar-refractivity contribution is 0.387. The number of aromatic nitrogens is 2. The molecule has 0 aliphatic carbocycles. The summed E-state index contributed by atoms with van der Waals surface area (Å²) in [4.78, 5) is 13.8. The molecule has 3 rings (SSSR count). The number of hydrogen-bond donors (Lipinski definition) is 0. The molecule has 3 heterocycles. The Morgan fingerprint density at radius 2 is 1.68 bits per heavy atom. The van der Waals surface area contributed by atoms with E-state index >= 15 is 0 Å². The highest BCUT2D eigenvalue weighted by molar-refractivity contribution is 5.42. The average molecular weight is 260 g/mol. The molecule has 2 saturated heterocycles. The summed E-state index contributed by atoms with van der Waals surface area (Å²) in [5, 5.41) is 0. The Balaban J connectivity index is 1.78. The van der Waals surface area contributed by atoms with Crippen LogP contribution in [-0.2, 0) is 5.41 Å². The summed E-state index contributed by atoms with van der Waals surface area (Å²) in [6, 6.07) is 2.17. The molecular formula is C15H24N4. The maximum Gasteiger partial charge on any atom is 0.132 e. The van der Waals surface area contributed by atoms with Gasteiger partial charge in [-0.05, 0) is 18.9 Å². The Hall–Kier alpha value is -1.16. The fourth-order valence-corrected chi connectivity index (χ4v) is 3.34. The summed E-state index contributed by atoms with van der Waals surface area (Å²) in [6.07, 6.45) is 1.72. The molecule has 104 valence electrons. The standard InChI is InChI=1S/C15H24N4/c1-15(2,3)13-5-14(17-10-16-13)19-8-11-6-18(4)7-12(11)9-19/h5,10-12H,6-9H2,1-4H3. The van der Waals surface area contributed by atoms with Gasteiger partial charge in [0.05, 0.1) is 5.69 Å². The monoisotopic (exact) mass is 260 g/mol. The van der Waals surface area contributed by atoms with Crippen LogP contribution in [0.3, 0.4) is 0 Å². The van der Waals surface area contributed by atoms with Gasteiger partial charge in [-0.3, -0.25) is 0 Å². The van der Waals surface area contributed by atoms with E-state index in [0.29, 0.717) is 0 Å². The molecule has 2 unspecified atom stereocenters. The molecule has 4 nitrogen and oxygen atoms in total. The van der Waals surface area contributed by atoms with E-state index in [1.807, 2.05) is 0 Å². The van der Waals surface area contributed by atoms with Crippen LogP contribution in [0.4, 0.5) is 5.82 Å². The zero-order valence-electron chi connectivity index (χ0n) is 12.4. The first-order chi connectivity index (χ1) is 8.93. The quantitative estimate of drug-likeness (QED) is 0.770. The molecule has 0 spiro atoms. The van der Waals surface area contributed by atoms with Gasteiger partial charge in [0, 0.05) is 37.7 Å². The highest BCUT2D eigenvalue weighted by Gasteiger charge is 2.39. The summed E-state index contributed by atoms with van der Waals surface area (Å²) in [5.41, 5.74) is 1.22. The third kappa shape index (κ3) is 2.46. The Labute approximate surface area is 115 Å². The van der Waals surface area contributed by atoms with Gasteiger partial charge in [-0.2, -0.15) is 0 Å². The van der Waals surface area contributed by atoms with Crippen LogP contribution in [0, 0.1) is 11.8 Å². The van der Waals surface area contributed by atoms with Crippen molar-refractivity contribution >= 4 is 5.82 Å². The second-order valence-electron chi connectivity index (χ2n) is 7.16. The highest BCUT2D eigenvalue weighted by Crippen LogP contribution is 2.33. The van der Waals surface area contributed by atoms with Gasteiger partial charge in [-0.15, -0.1) is 0 Å². The third-order valence-electron chi connectivity index (χ3n) is 4.41. The molecule has 0 radical (unpaired) electrons. The zero-order chi connectivity index (χ0) is 13.6.